The van der Waals surface area contributed by atoms with Gasteiger partial charge in [0, 0.05) is 35.6 Å². The van der Waals surface area contributed by atoms with E-state index in [1.54, 1.807) is 45.2 Å². The average molecular weight is 1100 g/mol. The molecule has 3 aromatic rings. The molecule has 1 aliphatic carbocycles. The molecule has 0 amide bonds. The number of hydrogen-bond donors (Lipinski definition) is 1. The first-order valence-electron chi connectivity index (χ1n) is 27.7. The molecule has 19 nitrogen and oxygen atoms in total. The SMILES string of the molecule is CCc1c2c(nc3ccc(OC(=O)CCC(=O)Oc4c(C)c(C)c5c(c4C)CCC(C)(C(=O)OCCOCCOCCOCCOCCOCCOCCOC)O5)cc13)C(=CC1=C(C(C)=O)COC(=O)C1(O)CC)CC(CC)C2. The summed E-state index contributed by atoms with van der Waals surface area (Å²) in [7, 11) is 1.63. The predicted molar refractivity (Wildman–Crippen MR) is 291 cm³/mol. The Balaban J connectivity index is 0.950. The highest BCUT2D eigenvalue weighted by atomic mass is 16.6. The molecule has 2 aromatic carbocycles. The summed E-state index contributed by atoms with van der Waals surface area (Å²) in [6.07, 6.45) is 5.07. The number of aliphatic hydroxyl groups is 1. The highest BCUT2D eigenvalue weighted by molar-refractivity contribution is 6.01. The molecular formula is C60H81NO18. The van der Waals surface area contributed by atoms with E-state index < -0.39 is 35.1 Å². The molecule has 1 N–H and O–H groups in total. The maximum absolute atomic E-state index is 13.4. The summed E-state index contributed by atoms with van der Waals surface area (Å²) >= 11 is 0. The van der Waals surface area contributed by atoms with E-state index in [4.69, 9.17) is 61.8 Å². The number of benzene rings is 2. The molecule has 6 rings (SSSR count). The van der Waals surface area contributed by atoms with E-state index in [9.17, 15) is 29.1 Å². The molecule has 2 aliphatic heterocycles. The standard InChI is InChI=1S/C60H81NO18/c1-10-42-33-43(35-50-49(41(7)62)37-76-58(66)60(50,67)12-3)54-48(34-42)45(11-2)47-36-44(13-14-51(47)61-54)77-52(63)15-16-53(64)78-55-38(4)39(5)56-46(40(55)6)17-18-59(8,79-56)57(65)75-32-31-74-30-29-73-28-27-72-26-25-71-24-23-70-22-21-69-20-19-68-9/h13-14,35-36,42,67H,10-12,15-34,37H2,1-9H3. The molecule has 1 aromatic heterocycles. The van der Waals surface area contributed by atoms with Crippen LogP contribution in [0, 0.1) is 26.7 Å². The lowest BCUT2D eigenvalue weighted by Gasteiger charge is -2.36. The molecule has 0 spiro atoms. The molecule has 3 heterocycles. The van der Waals surface area contributed by atoms with Crippen molar-refractivity contribution in [3.63, 3.8) is 0 Å². The highest BCUT2D eigenvalue weighted by Gasteiger charge is 2.46. The number of ether oxygens (including phenoxy) is 12. The topological polar surface area (TPSA) is 229 Å². The van der Waals surface area contributed by atoms with Crippen molar-refractivity contribution in [3.8, 4) is 17.2 Å². The Hall–Kier alpha value is -5.64. The van der Waals surface area contributed by atoms with Gasteiger partial charge in [-0.2, -0.15) is 0 Å². The number of Topliss-reactive ketones (excluding diaryl/α,β-unsaturated/α-hetero) is 1. The summed E-state index contributed by atoms with van der Waals surface area (Å²) in [6.45, 7) is 20.0. The highest BCUT2D eigenvalue weighted by Crippen LogP contribution is 2.45. The number of ketones is 1. The van der Waals surface area contributed by atoms with Crippen LogP contribution < -0.4 is 14.2 Å². The Morgan fingerprint density at radius 2 is 1.34 bits per heavy atom. The molecule has 3 unspecified atom stereocenters. The molecule has 0 saturated heterocycles. The Morgan fingerprint density at radius 1 is 0.759 bits per heavy atom. The monoisotopic (exact) mass is 1100 g/mol. The molecule has 0 radical (unpaired) electrons. The van der Waals surface area contributed by atoms with Crippen molar-refractivity contribution >= 4 is 46.1 Å². The fourth-order valence-corrected chi connectivity index (χ4v) is 9.96. The molecule has 0 saturated carbocycles. The van der Waals surface area contributed by atoms with Crippen LogP contribution in [0.5, 0.6) is 17.2 Å². The first kappa shape index (κ1) is 62.6. The van der Waals surface area contributed by atoms with Gasteiger partial charge in [0.1, 0.15) is 30.5 Å². The summed E-state index contributed by atoms with van der Waals surface area (Å²) in [5.41, 5.74) is 4.55. The van der Waals surface area contributed by atoms with Gasteiger partial charge in [-0.05, 0) is 130 Å². The number of carbonyl (C=O) groups is 5. The minimum absolute atomic E-state index is 0.0349. The van der Waals surface area contributed by atoms with E-state index in [0.717, 1.165) is 51.7 Å². The van der Waals surface area contributed by atoms with Crippen molar-refractivity contribution in [1.29, 1.82) is 0 Å². The lowest BCUT2D eigenvalue weighted by atomic mass is 9.76. The van der Waals surface area contributed by atoms with Crippen molar-refractivity contribution in [2.45, 2.75) is 124 Å². The largest absolute Gasteiger partial charge is 0.475 e. The van der Waals surface area contributed by atoms with Crippen molar-refractivity contribution < 1.29 is 85.9 Å². The van der Waals surface area contributed by atoms with Crippen molar-refractivity contribution in [2.24, 2.45) is 5.92 Å². The van der Waals surface area contributed by atoms with Gasteiger partial charge in [-0.25, -0.2) is 14.6 Å². The van der Waals surface area contributed by atoms with Crippen LogP contribution in [-0.2, 0) is 85.9 Å². The van der Waals surface area contributed by atoms with E-state index in [0.29, 0.717) is 139 Å². The summed E-state index contributed by atoms with van der Waals surface area (Å²) in [5.74, 6) is -1.30. The lowest BCUT2D eigenvalue weighted by molar-refractivity contribution is -0.164. The van der Waals surface area contributed by atoms with Gasteiger partial charge in [0.2, 0.25) is 5.60 Å². The Morgan fingerprint density at radius 3 is 1.90 bits per heavy atom. The second-order valence-electron chi connectivity index (χ2n) is 20.1. The van der Waals surface area contributed by atoms with Crippen LogP contribution in [0.3, 0.4) is 0 Å². The number of allylic oxidation sites excluding steroid dienone is 1. The van der Waals surface area contributed by atoms with Crippen LogP contribution in [0.2, 0.25) is 0 Å². The van der Waals surface area contributed by atoms with Crippen molar-refractivity contribution in [3.05, 3.63) is 74.5 Å². The quantitative estimate of drug-likeness (QED) is 0.0367. The van der Waals surface area contributed by atoms with Crippen molar-refractivity contribution in [1.82, 2.24) is 4.98 Å². The van der Waals surface area contributed by atoms with Gasteiger partial charge < -0.3 is 61.9 Å². The maximum Gasteiger partial charge on any atom is 0.350 e. The minimum atomic E-state index is -1.96. The Kier molecular flexibility index (Phi) is 24.0. The zero-order chi connectivity index (χ0) is 57.1. The van der Waals surface area contributed by atoms with E-state index >= 15 is 0 Å². The summed E-state index contributed by atoms with van der Waals surface area (Å²) < 4.78 is 66.8. The fourth-order valence-electron chi connectivity index (χ4n) is 9.96. The first-order valence-corrected chi connectivity index (χ1v) is 27.7. The molecular weight excluding hydrogens is 1020 g/mol. The average Bonchev–Trinajstić information content (AvgIpc) is 3.46. The Bertz CT molecular complexity index is 2700. The van der Waals surface area contributed by atoms with Crippen LogP contribution in [0.1, 0.15) is 112 Å². The molecule has 0 bridgehead atoms. The fraction of sp³-hybridized carbons (Fsp3) is 0.600. The number of aryl methyl sites for hydroxylation is 1. The Labute approximate surface area is 463 Å². The third kappa shape index (κ3) is 16.3. The summed E-state index contributed by atoms with van der Waals surface area (Å²) in [6, 6.07) is 5.24. The van der Waals surface area contributed by atoms with Gasteiger partial charge in [0.15, 0.2) is 11.4 Å². The number of hydrogen-bond acceptors (Lipinski definition) is 19. The molecule has 3 aliphatic rings. The number of nitrogens with zero attached hydrogens (tertiary/aromatic N) is 1. The predicted octanol–water partition coefficient (Wildman–Crippen LogP) is 7.33. The number of carbonyl (C=O) groups excluding carboxylic acids is 5. The van der Waals surface area contributed by atoms with Crippen LogP contribution >= 0.6 is 0 Å². The number of cyclic esters (lactones) is 1. The number of aromatic nitrogens is 1. The van der Waals surface area contributed by atoms with Gasteiger partial charge >= 0.3 is 23.9 Å². The van der Waals surface area contributed by atoms with Crippen LogP contribution in [0.4, 0.5) is 0 Å². The van der Waals surface area contributed by atoms with Gasteiger partial charge in [-0.15, -0.1) is 0 Å². The number of esters is 4. The van der Waals surface area contributed by atoms with Gasteiger partial charge in [0.25, 0.3) is 0 Å². The number of pyridine rings is 1. The van der Waals surface area contributed by atoms with E-state index in [1.165, 1.54) is 6.92 Å². The maximum atomic E-state index is 13.4. The van der Waals surface area contributed by atoms with Gasteiger partial charge in [-0.3, -0.25) is 14.4 Å². The normalized spacial score (nSPS) is 19.4. The second-order valence-corrected chi connectivity index (χ2v) is 20.1. The number of fused-ring (bicyclic) bond motifs is 3. The second kappa shape index (κ2) is 30.3. The minimum Gasteiger partial charge on any atom is -0.475 e. The number of rotatable bonds is 32. The lowest BCUT2D eigenvalue weighted by Crippen LogP contribution is -2.46. The molecule has 0 fully saturated rings. The molecule has 19 heteroatoms. The van der Waals surface area contributed by atoms with Gasteiger partial charge in [-0.1, -0.05) is 27.2 Å². The van der Waals surface area contributed by atoms with E-state index in [1.807, 2.05) is 20.8 Å². The molecule has 79 heavy (non-hydrogen) atoms. The molecule has 434 valence electrons. The van der Waals surface area contributed by atoms with Crippen LogP contribution in [-0.4, -0.2) is 157 Å². The van der Waals surface area contributed by atoms with E-state index in [-0.39, 0.29) is 61.9 Å². The zero-order valence-electron chi connectivity index (χ0n) is 47.7. The van der Waals surface area contributed by atoms with Crippen LogP contribution in [0.25, 0.3) is 16.5 Å². The van der Waals surface area contributed by atoms with Crippen molar-refractivity contribution in [2.75, 3.05) is 106 Å². The summed E-state index contributed by atoms with van der Waals surface area (Å²) in [4.78, 5) is 70.8. The third-order valence-corrected chi connectivity index (χ3v) is 14.8. The molecule has 3 atom stereocenters. The van der Waals surface area contributed by atoms with E-state index in [2.05, 4.69) is 13.8 Å². The summed E-state index contributed by atoms with van der Waals surface area (Å²) in [5, 5.41) is 12.4. The first-order chi connectivity index (χ1) is 38.0. The third-order valence-electron chi connectivity index (χ3n) is 14.8. The van der Waals surface area contributed by atoms with Crippen LogP contribution in [0.15, 0.2) is 35.4 Å². The van der Waals surface area contributed by atoms with Gasteiger partial charge in [0.05, 0.1) is 110 Å². The zero-order valence-corrected chi connectivity index (χ0v) is 47.7. The smallest absolute Gasteiger partial charge is 0.350 e. The number of methoxy groups -OCH3 is 1.